The molecule has 1 unspecified atom stereocenters. The van der Waals surface area contributed by atoms with Crippen LogP contribution in [0.2, 0.25) is 0 Å². The van der Waals surface area contributed by atoms with Gasteiger partial charge in [-0.25, -0.2) is 4.98 Å². The molecule has 0 spiro atoms. The molecule has 0 aliphatic rings. The van der Waals surface area contributed by atoms with Crippen LogP contribution in [-0.2, 0) is 6.42 Å². The summed E-state index contributed by atoms with van der Waals surface area (Å²) in [7, 11) is 1.87. The van der Waals surface area contributed by atoms with Gasteiger partial charge in [-0.3, -0.25) is 10.1 Å². The Morgan fingerprint density at radius 3 is 2.65 bits per heavy atom. The van der Waals surface area contributed by atoms with Crippen molar-refractivity contribution in [2.75, 3.05) is 7.05 Å². The van der Waals surface area contributed by atoms with Gasteiger partial charge in [0, 0.05) is 22.5 Å². The van der Waals surface area contributed by atoms with Gasteiger partial charge in [-0.15, -0.1) is 11.3 Å². The first-order valence-electron chi connectivity index (χ1n) is 6.36. The number of nitro benzene ring substituents is 1. The number of nitrogens with zero attached hydrogens (tertiary/aromatic N) is 2. The highest BCUT2D eigenvalue weighted by molar-refractivity contribution is 7.11. The molecular formula is C14H17N3O2S. The van der Waals surface area contributed by atoms with E-state index < -0.39 is 0 Å². The number of para-hydroxylation sites is 1. The van der Waals surface area contributed by atoms with Gasteiger partial charge in [-0.05, 0) is 27.3 Å². The molecule has 106 valence electrons. The minimum atomic E-state index is -0.327. The zero-order chi connectivity index (χ0) is 14.7. The molecule has 0 amide bonds. The van der Waals surface area contributed by atoms with Gasteiger partial charge in [0.1, 0.15) is 0 Å². The number of aryl methyl sites for hydroxylation is 2. The lowest BCUT2D eigenvalue weighted by atomic mass is 10.0. The molecule has 1 atom stereocenters. The van der Waals surface area contributed by atoms with Crippen LogP contribution in [0.5, 0.6) is 0 Å². The van der Waals surface area contributed by atoms with E-state index in [1.165, 1.54) is 0 Å². The zero-order valence-corrected chi connectivity index (χ0v) is 12.5. The highest BCUT2D eigenvalue weighted by Crippen LogP contribution is 2.29. The van der Waals surface area contributed by atoms with Gasteiger partial charge < -0.3 is 5.32 Å². The molecule has 0 saturated heterocycles. The van der Waals surface area contributed by atoms with Crippen molar-refractivity contribution in [3.8, 4) is 0 Å². The second-order valence-electron chi connectivity index (χ2n) is 4.61. The molecule has 0 bridgehead atoms. The number of hydrogen-bond acceptors (Lipinski definition) is 5. The normalized spacial score (nSPS) is 12.3. The average molecular weight is 291 g/mol. The predicted molar refractivity (Wildman–Crippen MR) is 80.2 cm³/mol. The van der Waals surface area contributed by atoms with Gasteiger partial charge in [0.05, 0.1) is 15.6 Å². The van der Waals surface area contributed by atoms with Crippen molar-refractivity contribution in [3.63, 3.8) is 0 Å². The number of benzene rings is 1. The lowest BCUT2D eigenvalue weighted by molar-refractivity contribution is -0.385. The smallest absolute Gasteiger partial charge is 0.272 e. The number of hydrogen-bond donors (Lipinski definition) is 1. The highest BCUT2D eigenvalue weighted by Gasteiger charge is 2.20. The molecule has 1 heterocycles. The molecule has 0 fully saturated rings. The van der Waals surface area contributed by atoms with Crippen LogP contribution in [0.25, 0.3) is 0 Å². The fourth-order valence-electron chi connectivity index (χ4n) is 2.28. The Labute approximate surface area is 121 Å². The summed E-state index contributed by atoms with van der Waals surface area (Å²) >= 11 is 1.64. The van der Waals surface area contributed by atoms with Crippen LogP contribution in [0.15, 0.2) is 24.3 Å². The third-order valence-electron chi connectivity index (χ3n) is 3.22. The molecule has 5 nitrogen and oxygen atoms in total. The Kier molecular flexibility index (Phi) is 4.46. The molecule has 0 aliphatic heterocycles. The fraction of sp³-hybridized carbons (Fsp3) is 0.357. The lowest BCUT2D eigenvalue weighted by Gasteiger charge is -2.15. The summed E-state index contributed by atoms with van der Waals surface area (Å²) in [4.78, 5) is 16.3. The predicted octanol–water partition coefficient (Wildman–Crippen LogP) is 3.17. The molecule has 20 heavy (non-hydrogen) atoms. The van der Waals surface area contributed by atoms with E-state index in [1.807, 2.05) is 33.0 Å². The largest absolute Gasteiger partial charge is 0.312 e. The van der Waals surface area contributed by atoms with Gasteiger partial charge in [-0.1, -0.05) is 18.2 Å². The van der Waals surface area contributed by atoms with Crippen molar-refractivity contribution in [3.05, 3.63) is 55.5 Å². The number of rotatable bonds is 5. The van der Waals surface area contributed by atoms with Crippen molar-refractivity contribution in [1.29, 1.82) is 0 Å². The van der Waals surface area contributed by atoms with Crippen LogP contribution >= 0.6 is 11.3 Å². The van der Waals surface area contributed by atoms with Crippen molar-refractivity contribution in [2.45, 2.75) is 26.3 Å². The van der Waals surface area contributed by atoms with Crippen molar-refractivity contribution < 1.29 is 4.92 Å². The number of nitro groups is 1. The maximum atomic E-state index is 11.1. The summed E-state index contributed by atoms with van der Waals surface area (Å²) < 4.78 is 0. The van der Waals surface area contributed by atoms with Crippen LogP contribution in [-0.4, -0.2) is 17.0 Å². The van der Waals surface area contributed by atoms with E-state index in [1.54, 1.807) is 23.5 Å². The van der Waals surface area contributed by atoms with E-state index >= 15 is 0 Å². The van der Waals surface area contributed by atoms with Gasteiger partial charge in [-0.2, -0.15) is 0 Å². The van der Waals surface area contributed by atoms with Gasteiger partial charge in [0.15, 0.2) is 0 Å². The van der Waals surface area contributed by atoms with Crippen molar-refractivity contribution >= 4 is 17.0 Å². The molecular weight excluding hydrogens is 274 g/mol. The maximum absolute atomic E-state index is 11.1. The summed E-state index contributed by atoms with van der Waals surface area (Å²) in [5.41, 5.74) is 1.90. The lowest BCUT2D eigenvalue weighted by Crippen LogP contribution is -2.19. The molecule has 2 aromatic rings. The van der Waals surface area contributed by atoms with Crippen molar-refractivity contribution in [1.82, 2.24) is 10.3 Å². The van der Waals surface area contributed by atoms with E-state index in [-0.39, 0.29) is 16.7 Å². The molecule has 0 aliphatic carbocycles. The molecule has 0 radical (unpaired) electrons. The Morgan fingerprint density at radius 2 is 2.10 bits per heavy atom. The molecule has 0 saturated carbocycles. The standard InChI is InChI=1S/C14H17N3O2S/c1-9-14(20-10(2)16-9)12(15-3)8-11-6-4-5-7-13(11)17(18)19/h4-7,12,15H,8H2,1-3H3. The first-order valence-corrected chi connectivity index (χ1v) is 7.18. The topological polar surface area (TPSA) is 68.1 Å². The zero-order valence-electron chi connectivity index (χ0n) is 11.7. The van der Waals surface area contributed by atoms with Crippen LogP contribution in [0.1, 0.15) is 27.2 Å². The quantitative estimate of drug-likeness (QED) is 0.678. The number of nitrogens with one attached hydrogen (secondary N) is 1. The second kappa shape index (κ2) is 6.11. The third kappa shape index (κ3) is 3.02. The Balaban J connectivity index is 2.32. The van der Waals surface area contributed by atoms with Crippen LogP contribution in [0.4, 0.5) is 5.69 Å². The van der Waals surface area contributed by atoms with Gasteiger partial charge >= 0.3 is 0 Å². The van der Waals surface area contributed by atoms with Crippen LogP contribution in [0.3, 0.4) is 0 Å². The van der Waals surface area contributed by atoms with Crippen LogP contribution < -0.4 is 5.32 Å². The Morgan fingerprint density at radius 1 is 1.40 bits per heavy atom. The molecule has 6 heteroatoms. The van der Waals surface area contributed by atoms with Gasteiger partial charge in [0.25, 0.3) is 5.69 Å². The Bertz CT molecular complexity index is 625. The third-order valence-corrected chi connectivity index (χ3v) is 4.40. The first kappa shape index (κ1) is 14.6. The highest BCUT2D eigenvalue weighted by atomic mass is 32.1. The van der Waals surface area contributed by atoms with E-state index in [9.17, 15) is 10.1 Å². The van der Waals surface area contributed by atoms with E-state index in [4.69, 9.17) is 0 Å². The van der Waals surface area contributed by atoms with E-state index in [2.05, 4.69) is 10.3 Å². The van der Waals surface area contributed by atoms with Crippen LogP contribution in [0, 0.1) is 24.0 Å². The number of aromatic nitrogens is 1. The van der Waals surface area contributed by atoms with E-state index in [0.717, 1.165) is 21.1 Å². The second-order valence-corrected chi connectivity index (χ2v) is 5.85. The summed E-state index contributed by atoms with van der Waals surface area (Å²) in [6.45, 7) is 3.95. The summed E-state index contributed by atoms with van der Waals surface area (Å²) in [5.74, 6) is 0. The SMILES string of the molecule is CNC(Cc1ccccc1[N+](=O)[O-])c1sc(C)nc1C. The minimum absolute atomic E-state index is 0.0438. The first-order chi connectivity index (χ1) is 9.52. The summed E-state index contributed by atoms with van der Waals surface area (Å²) in [6, 6.07) is 6.93. The minimum Gasteiger partial charge on any atom is -0.312 e. The molecule has 1 aromatic carbocycles. The monoisotopic (exact) mass is 291 g/mol. The number of thiazole rings is 1. The summed E-state index contributed by atoms with van der Waals surface area (Å²) in [5, 5.41) is 15.3. The average Bonchev–Trinajstić information content (AvgIpc) is 2.75. The maximum Gasteiger partial charge on any atom is 0.272 e. The molecule has 2 rings (SSSR count). The molecule has 1 N–H and O–H groups in total. The van der Waals surface area contributed by atoms with Crippen molar-refractivity contribution in [2.24, 2.45) is 0 Å². The fourth-order valence-corrected chi connectivity index (χ4v) is 3.32. The number of likely N-dealkylation sites (N-methyl/N-ethyl adjacent to an activating group) is 1. The van der Waals surface area contributed by atoms with Gasteiger partial charge in [0.2, 0.25) is 0 Å². The Hall–Kier alpha value is -1.79. The molecule has 1 aromatic heterocycles. The summed E-state index contributed by atoms with van der Waals surface area (Å²) in [6.07, 6.45) is 0.579. The van der Waals surface area contributed by atoms with E-state index in [0.29, 0.717) is 6.42 Å².